The van der Waals surface area contributed by atoms with Gasteiger partial charge in [0.25, 0.3) is 0 Å². The monoisotopic (exact) mass is 489 g/mol. The van der Waals surface area contributed by atoms with E-state index in [4.69, 9.17) is 4.74 Å². The van der Waals surface area contributed by atoms with E-state index in [1.807, 2.05) is 74.8 Å². The van der Waals surface area contributed by atoms with Crippen LogP contribution in [-0.4, -0.2) is 57.0 Å². The first kappa shape index (κ1) is 23.1. The third-order valence-electron chi connectivity index (χ3n) is 6.81. The van der Waals surface area contributed by atoms with Crippen LogP contribution < -0.4 is 0 Å². The Bertz CT molecular complexity index is 1590. The van der Waals surface area contributed by atoms with Crippen molar-refractivity contribution in [2.24, 2.45) is 0 Å². The number of ether oxygens (including phenoxy) is 1. The van der Waals surface area contributed by atoms with Crippen LogP contribution >= 0.6 is 0 Å². The number of fused-ring (bicyclic) bond motifs is 1. The van der Waals surface area contributed by atoms with E-state index < -0.39 is 0 Å². The third kappa shape index (κ3) is 4.73. The maximum atomic E-state index is 12.6. The van der Waals surface area contributed by atoms with Gasteiger partial charge in [0, 0.05) is 41.5 Å². The van der Waals surface area contributed by atoms with Crippen molar-refractivity contribution >= 4 is 16.9 Å². The third-order valence-corrected chi connectivity index (χ3v) is 6.81. The minimum atomic E-state index is -0.272. The maximum Gasteiger partial charge on any atom is 0.338 e. The second-order valence-corrected chi connectivity index (χ2v) is 9.58. The molecule has 0 amide bonds. The minimum absolute atomic E-state index is 0.0345. The number of aromatic nitrogens is 4. The zero-order chi connectivity index (χ0) is 25.4. The van der Waals surface area contributed by atoms with Crippen LogP contribution in [0.1, 0.15) is 22.5 Å². The number of aromatic amines is 1. The summed E-state index contributed by atoms with van der Waals surface area (Å²) in [4.78, 5) is 31.9. The van der Waals surface area contributed by atoms with Crippen molar-refractivity contribution in [1.29, 1.82) is 0 Å². The van der Waals surface area contributed by atoms with Crippen molar-refractivity contribution in [3.63, 3.8) is 0 Å². The quantitative estimate of drug-likeness (QED) is 0.327. The predicted octanol–water partition coefficient (Wildman–Crippen LogP) is 5.52. The van der Waals surface area contributed by atoms with Gasteiger partial charge in [-0.15, -0.1) is 0 Å². The SMILES string of the molecule is Cc1cccc(-c2[nH]cnc2-c2ccc3ncc(-c4ccc(C(=O)O[C@@H]5CCN(C)C5)cc4)cc3c2)n1. The summed E-state index contributed by atoms with van der Waals surface area (Å²) in [6.07, 6.45) is 4.41. The standard InChI is InChI=1S/C30H27N5O2/c1-19-4-3-5-27(34-19)29-28(32-18-33-29)22-10-11-26-23(14-22)15-24(16-31-26)20-6-8-21(9-7-20)30(36)37-25-12-13-35(2)17-25/h3-11,14-16,18,25H,12-13,17H2,1-2H3,(H,32,33)/t25-/m1/s1. The van der Waals surface area contributed by atoms with Crippen molar-refractivity contribution in [1.82, 2.24) is 24.8 Å². The van der Waals surface area contributed by atoms with Crippen molar-refractivity contribution in [3.8, 4) is 33.8 Å². The number of likely N-dealkylation sites (N-methyl/N-ethyl adjacent to an activating group) is 1. The van der Waals surface area contributed by atoms with Gasteiger partial charge in [-0.3, -0.25) is 9.97 Å². The van der Waals surface area contributed by atoms with Gasteiger partial charge in [0.05, 0.1) is 34.5 Å². The van der Waals surface area contributed by atoms with Crippen molar-refractivity contribution in [2.45, 2.75) is 19.4 Å². The largest absolute Gasteiger partial charge is 0.457 e. The van der Waals surface area contributed by atoms with E-state index in [-0.39, 0.29) is 12.1 Å². The number of likely N-dealkylation sites (tertiary alicyclic amines) is 1. The van der Waals surface area contributed by atoms with Gasteiger partial charge in [0.2, 0.25) is 0 Å². The van der Waals surface area contributed by atoms with E-state index in [2.05, 4.69) is 37.0 Å². The molecule has 0 spiro atoms. The average Bonchev–Trinajstić information content (AvgIpc) is 3.57. The molecule has 6 rings (SSSR count). The van der Waals surface area contributed by atoms with Crippen molar-refractivity contribution < 1.29 is 9.53 Å². The summed E-state index contributed by atoms with van der Waals surface area (Å²) in [7, 11) is 2.04. The highest BCUT2D eigenvalue weighted by atomic mass is 16.5. The first-order valence-electron chi connectivity index (χ1n) is 12.4. The van der Waals surface area contributed by atoms with Gasteiger partial charge >= 0.3 is 5.97 Å². The normalized spacial score (nSPS) is 15.8. The Hall–Kier alpha value is -4.36. The minimum Gasteiger partial charge on any atom is -0.457 e. The van der Waals surface area contributed by atoms with Crippen LogP contribution in [0, 0.1) is 6.92 Å². The van der Waals surface area contributed by atoms with E-state index in [1.165, 1.54) is 0 Å². The zero-order valence-electron chi connectivity index (χ0n) is 20.8. The number of esters is 1. The fourth-order valence-electron chi connectivity index (χ4n) is 4.84. The van der Waals surface area contributed by atoms with Crippen LogP contribution in [0.15, 0.2) is 79.3 Å². The van der Waals surface area contributed by atoms with E-state index >= 15 is 0 Å². The van der Waals surface area contributed by atoms with E-state index in [1.54, 1.807) is 6.33 Å². The van der Waals surface area contributed by atoms with E-state index in [0.29, 0.717) is 5.56 Å². The van der Waals surface area contributed by atoms with Gasteiger partial charge in [0.15, 0.2) is 0 Å². The topological polar surface area (TPSA) is 84.0 Å². The van der Waals surface area contributed by atoms with Crippen LogP contribution in [0.25, 0.3) is 44.7 Å². The number of H-pyrrole nitrogens is 1. The summed E-state index contributed by atoms with van der Waals surface area (Å²) in [5.74, 6) is -0.272. The number of carbonyl (C=O) groups is 1. The second-order valence-electron chi connectivity index (χ2n) is 9.58. The van der Waals surface area contributed by atoms with E-state index in [0.717, 1.165) is 69.9 Å². The number of hydrogen-bond donors (Lipinski definition) is 1. The number of rotatable bonds is 5. The fraction of sp³-hybridized carbons (Fsp3) is 0.200. The molecule has 3 aromatic heterocycles. The molecule has 1 saturated heterocycles. The van der Waals surface area contributed by atoms with Gasteiger partial charge < -0.3 is 14.6 Å². The molecule has 1 aliphatic heterocycles. The lowest BCUT2D eigenvalue weighted by atomic mass is 10.0. The molecular weight excluding hydrogens is 462 g/mol. The molecule has 0 saturated carbocycles. The molecule has 0 bridgehead atoms. The van der Waals surface area contributed by atoms with E-state index in [9.17, 15) is 4.79 Å². The van der Waals surface area contributed by atoms with Gasteiger partial charge in [0.1, 0.15) is 6.10 Å². The molecule has 1 N–H and O–H groups in total. The van der Waals surface area contributed by atoms with Crippen LogP contribution in [0.2, 0.25) is 0 Å². The number of nitrogens with zero attached hydrogens (tertiary/aromatic N) is 4. The number of carbonyl (C=O) groups excluding carboxylic acids is 1. The summed E-state index contributed by atoms with van der Waals surface area (Å²) in [6, 6.07) is 21.8. The lowest BCUT2D eigenvalue weighted by Crippen LogP contribution is -2.22. The molecule has 1 aliphatic rings. The number of aryl methyl sites for hydroxylation is 1. The highest BCUT2D eigenvalue weighted by Crippen LogP contribution is 2.31. The molecule has 0 radical (unpaired) electrons. The zero-order valence-corrected chi connectivity index (χ0v) is 20.8. The summed E-state index contributed by atoms with van der Waals surface area (Å²) >= 11 is 0. The molecule has 1 fully saturated rings. The Labute approximate surface area is 215 Å². The van der Waals surface area contributed by atoms with Gasteiger partial charge in [-0.2, -0.15) is 0 Å². The highest BCUT2D eigenvalue weighted by molar-refractivity contribution is 5.91. The maximum absolute atomic E-state index is 12.6. The number of pyridine rings is 2. The Balaban J connectivity index is 1.27. The van der Waals surface area contributed by atoms with Gasteiger partial charge in [-0.05, 0) is 68.4 Å². The number of nitrogens with one attached hydrogen (secondary N) is 1. The molecule has 4 heterocycles. The molecule has 1 atom stereocenters. The lowest BCUT2D eigenvalue weighted by molar-refractivity contribution is 0.0327. The number of hydrogen-bond acceptors (Lipinski definition) is 6. The van der Waals surface area contributed by atoms with Gasteiger partial charge in [-0.25, -0.2) is 9.78 Å². The van der Waals surface area contributed by atoms with Crippen LogP contribution in [0.4, 0.5) is 0 Å². The molecule has 7 heteroatoms. The number of imidazole rings is 1. The van der Waals surface area contributed by atoms with Crippen LogP contribution in [0.3, 0.4) is 0 Å². The molecule has 7 nitrogen and oxygen atoms in total. The molecule has 184 valence electrons. The molecular formula is C30H27N5O2. The Morgan fingerprint density at radius 1 is 1.00 bits per heavy atom. The molecule has 2 aromatic carbocycles. The fourth-order valence-corrected chi connectivity index (χ4v) is 4.84. The molecule has 0 unspecified atom stereocenters. The number of benzene rings is 2. The van der Waals surface area contributed by atoms with Crippen molar-refractivity contribution in [3.05, 3.63) is 90.5 Å². The average molecular weight is 490 g/mol. The highest BCUT2D eigenvalue weighted by Gasteiger charge is 2.23. The predicted molar refractivity (Wildman–Crippen MR) is 144 cm³/mol. The Morgan fingerprint density at radius 3 is 2.59 bits per heavy atom. The first-order chi connectivity index (χ1) is 18.0. The summed E-state index contributed by atoms with van der Waals surface area (Å²) in [6.45, 7) is 3.72. The van der Waals surface area contributed by atoms with Crippen LogP contribution in [-0.2, 0) is 4.74 Å². The lowest BCUT2D eigenvalue weighted by Gasteiger charge is -2.12. The smallest absolute Gasteiger partial charge is 0.338 e. The molecule has 5 aromatic rings. The first-order valence-corrected chi connectivity index (χ1v) is 12.4. The summed E-state index contributed by atoms with van der Waals surface area (Å²) < 4.78 is 5.66. The summed E-state index contributed by atoms with van der Waals surface area (Å²) in [5, 5.41) is 1.01. The Morgan fingerprint density at radius 2 is 1.81 bits per heavy atom. The Kier molecular flexibility index (Phi) is 5.98. The van der Waals surface area contributed by atoms with Crippen molar-refractivity contribution in [2.75, 3.05) is 20.1 Å². The van der Waals surface area contributed by atoms with Crippen LogP contribution in [0.5, 0.6) is 0 Å². The second kappa shape index (κ2) is 9.59. The summed E-state index contributed by atoms with van der Waals surface area (Å²) in [5.41, 5.74) is 7.97. The van der Waals surface area contributed by atoms with Gasteiger partial charge in [-0.1, -0.05) is 24.3 Å². The molecule has 37 heavy (non-hydrogen) atoms. The molecule has 0 aliphatic carbocycles.